The number of H-pyrrole nitrogens is 1. The minimum atomic E-state index is -0.308. The molecule has 1 N–H and O–H groups in total. The maximum absolute atomic E-state index is 13.3. The minimum absolute atomic E-state index is 0.230. The minimum Gasteiger partial charge on any atom is -0.339 e. The lowest BCUT2D eigenvalue weighted by atomic mass is 10.1. The third-order valence-electron chi connectivity index (χ3n) is 4.84. The fourth-order valence-corrected chi connectivity index (χ4v) is 3.51. The summed E-state index contributed by atoms with van der Waals surface area (Å²) in [7, 11) is 0. The molecule has 136 valence electrons. The fraction of sp³-hybridized carbons (Fsp3) is 0.0455. The SMILES string of the molecule is Cc1nn2c(=O)cc(-c3ccc4ncccc4c3)[nH]c2c1-c1ccc(F)cc1. The normalized spacial score (nSPS) is 11.4. The average molecular weight is 370 g/mol. The maximum Gasteiger partial charge on any atom is 0.274 e. The highest BCUT2D eigenvalue weighted by atomic mass is 19.1. The van der Waals surface area contributed by atoms with Gasteiger partial charge in [-0.1, -0.05) is 24.3 Å². The molecule has 0 unspecified atom stereocenters. The predicted octanol–water partition coefficient (Wildman–Crippen LogP) is 4.35. The summed E-state index contributed by atoms with van der Waals surface area (Å²) < 4.78 is 14.7. The van der Waals surface area contributed by atoms with Crippen LogP contribution in [0, 0.1) is 12.7 Å². The molecule has 0 fully saturated rings. The van der Waals surface area contributed by atoms with E-state index in [0.29, 0.717) is 17.0 Å². The molecule has 0 atom stereocenters. The quantitative estimate of drug-likeness (QED) is 0.502. The van der Waals surface area contributed by atoms with Crippen LogP contribution in [0.25, 0.3) is 38.9 Å². The molecule has 0 aliphatic carbocycles. The van der Waals surface area contributed by atoms with Crippen LogP contribution in [0.4, 0.5) is 4.39 Å². The zero-order chi connectivity index (χ0) is 19.3. The second kappa shape index (κ2) is 6.13. The van der Waals surface area contributed by atoms with Gasteiger partial charge < -0.3 is 4.98 Å². The summed E-state index contributed by atoms with van der Waals surface area (Å²) in [4.78, 5) is 20.4. The second-order valence-corrected chi connectivity index (χ2v) is 6.66. The van der Waals surface area contributed by atoms with E-state index < -0.39 is 0 Å². The van der Waals surface area contributed by atoms with Gasteiger partial charge in [-0.3, -0.25) is 9.78 Å². The molecular formula is C22H15FN4O. The number of fused-ring (bicyclic) bond motifs is 2. The van der Waals surface area contributed by atoms with Crippen LogP contribution >= 0.6 is 0 Å². The molecule has 0 aliphatic rings. The summed E-state index contributed by atoms with van der Waals surface area (Å²) >= 11 is 0. The summed E-state index contributed by atoms with van der Waals surface area (Å²) in [6, 6.07) is 17.4. The number of aromatic nitrogens is 4. The fourth-order valence-electron chi connectivity index (χ4n) is 3.51. The van der Waals surface area contributed by atoms with Crippen LogP contribution in [0.3, 0.4) is 0 Å². The van der Waals surface area contributed by atoms with Crippen molar-refractivity contribution in [2.45, 2.75) is 6.92 Å². The maximum atomic E-state index is 13.3. The Balaban J connectivity index is 1.75. The summed E-state index contributed by atoms with van der Waals surface area (Å²) in [5.74, 6) is -0.308. The molecule has 5 nitrogen and oxygen atoms in total. The highest BCUT2D eigenvalue weighted by Crippen LogP contribution is 2.28. The summed E-state index contributed by atoms with van der Waals surface area (Å²) in [5, 5.41) is 5.36. The molecule has 0 aliphatic heterocycles. The Labute approximate surface area is 159 Å². The average Bonchev–Trinajstić information content (AvgIpc) is 3.05. The van der Waals surface area contributed by atoms with Gasteiger partial charge in [0.2, 0.25) is 0 Å². The van der Waals surface area contributed by atoms with Crippen LogP contribution in [0.5, 0.6) is 0 Å². The number of nitrogens with one attached hydrogen (secondary N) is 1. The molecule has 0 spiro atoms. The van der Waals surface area contributed by atoms with Crippen molar-refractivity contribution in [3.05, 3.63) is 88.7 Å². The number of hydrogen-bond donors (Lipinski definition) is 1. The van der Waals surface area contributed by atoms with Gasteiger partial charge in [0.15, 0.2) is 0 Å². The van der Waals surface area contributed by atoms with Gasteiger partial charge >= 0.3 is 0 Å². The van der Waals surface area contributed by atoms with Gasteiger partial charge in [0.1, 0.15) is 11.5 Å². The molecule has 28 heavy (non-hydrogen) atoms. The topological polar surface area (TPSA) is 63.1 Å². The molecule has 0 amide bonds. The van der Waals surface area contributed by atoms with E-state index in [1.807, 2.05) is 37.3 Å². The number of hydrogen-bond acceptors (Lipinski definition) is 3. The van der Waals surface area contributed by atoms with Crippen molar-refractivity contribution in [1.29, 1.82) is 0 Å². The van der Waals surface area contributed by atoms with Crippen molar-refractivity contribution in [3.63, 3.8) is 0 Å². The lowest BCUT2D eigenvalue weighted by Crippen LogP contribution is -2.14. The third kappa shape index (κ3) is 2.58. The van der Waals surface area contributed by atoms with Gasteiger partial charge in [0, 0.05) is 23.2 Å². The van der Waals surface area contributed by atoms with Gasteiger partial charge in [-0.15, -0.1) is 0 Å². The summed E-state index contributed by atoms with van der Waals surface area (Å²) in [6.07, 6.45) is 1.75. The van der Waals surface area contributed by atoms with Gasteiger partial charge in [0.25, 0.3) is 5.56 Å². The Morgan fingerprint density at radius 3 is 2.61 bits per heavy atom. The van der Waals surface area contributed by atoms with Crippen molar-refractivity contribution in [3.8, 4) is 22.4 Å². The van der Waals surface area contributed by atoms with Crippen LogP contribution in [0.1, 0.15) is 5.69 Å². The molecular weight excluding hydrogens is 355 g/mol. The van der Waals surface area contributed by atoms with E-state index in [2.05, 4.69) is 15.1 Å². The zero-order valence-corrected chi connectivity index (χ0v) is 15.0. The number of nitrogens with zero attached hydrogens (tertiary/aromatic N) is 3. The highest BCUT2D eigenvalue weighted by Gasteiger charge is 2.15. The lowest BCUT2D eigenvalue weighted by molar-refractivity contribution is 0.628. The first-order valence-electron chi connectivity index (χ1n) is 8.84. The van der Waals surface area contributed by atoms with E-state index in [0.717, 1.165) is 27.6 Å². The van der Waals surface area contributed by atoms with Crippen LogP contribution in [0.15, 0.2) is 71.7 Å². The van der Waals surface area contributed by atoms with Crippen molar-refractivity contribution < 1.29 is 4.39 Å². The van der Waals surface area contributed by atoms with E-state index >= 15 is 0 Å². The highest BCUT2D eigenvalue weighted by molar-refractivity contribution is 5.85. The van der Waals surface area contributed by atoms with Gasteiger partial charge in [-0.05, 0) is 48.4 Å². The number of aromatic amines is 1. The molecule has 6 heteroatoms. The van der Waals surface area contributed by atoms with E-state index in [-0.39, 0.29) is 11.4 Å². The summed E-state index contributed by atoms with van der Waals surface area (Å²) in [5.41, 5.74) is 5.08. The molecule has 3 heterocycles. The first-order valence-corrected chi connectivity index (χ1v) is 8.84. The van der Waals surface area contributed by atoms with E-state index in [4.69, 9.17) is 0 Å². The van der Waals surface area contributed by atoms with Crippen LogP contribution in [0.2, 0.25) is 0 Å². The monoisotopic (exact) mass is 370 g/mol. The van der Waals surface area contributed by atoms with Crippen molar-refractivity contribution in [1.82, 2.24) is 19.6 Å². The van der Waals surface area contributed by atoms with Crippen LogP contribution in [-0.2, 0) is 0 Å². The Hall–Kier alpha value is -3.80. The van der Waals surface area contributed by atoms with Gasteiger partial charge in [-0.2, -0.15) is 9.61 Å². The predicted molar refractivity (Wildman–Crippen MR) is 107 cm³/mol. The first-order chi connectivity index (χ1) is 13.6. The standard InChI is InChI=1S/C22H15FN4O/c1-13-21(14-4-7-17(23)8-5-14)22-25-19(12-20(28)27(22)26-13)16-6-9-18-15(11-16)3-2-10-24-18/h2-12,25H,1H3. The molecule has 3 aromatic heterocycles. The molecule has 5 rings (SSSR count). The molecule has 2 aromatic carbocycles. The number of aryl methyl sites for hydroxylation is 1. The van der Waals surface area contributed by atoms with E-state index in [1.165, 1.54) is 22.7 Å². The molecule has 0 saturated carbocycles. The second-order valence-electron chi connectivity index (χ2n) is 6.66. The number of rotatable bonds is 2. The van der Waals surface area contributed by atoms with E-state index in [9.17, 15) is 9.18 Å². The van der Waals surface area contributed by atoms with Crippen molar-refractivity contribution in [2.75, 3.05) is 0 Å². The molecule has 5 aromatic rings. The Bertz CT molecular complexity index is 1400. The zero-order valence-electron chi connectivity index (χ0n) is 15.0. The number of benzene rings is 2. The Morgan fingerprint density at radius 1 is 1.00 bits per heavy atom. The van der Waals surface area contributed by atoms with Crippen molar-refractivity contribution in [2.24, 2.45) is 0 Å². The first kappa shape index (κ1) is 16.4. The molecule has 0 bridgehead atoms. The Morgan fingerprint density at radius 2 is 1.79 bits per heavy atom. The van der Waals surface area contributed by atoms with Gasteiger partial charge in [0.05, 0.1) is 16.9 Å². The summed E-state index contributed by atoms with van der Waals surface area (Å²) in [6.45, 7) is 1.83. The molecule has 0 radical (unpaired) electrons. The smallest absolute Gasteiger partial charge is 0.274 e. The van der Waals surface area contributed by atoms with Gasteiger partial charge in [-0.25, -0.2) is 4.39 Å². The number of pyridine rings is 1. The molecule has 0 saturated heterocycles. The van der Waals surface area contributed by atoms with Crippen molar-refractivity contribution >= 4 is 16.6 Å². The Kier molecular flexibility index (Phi) is 3.58. The third-order valence-corrected chi connectivity index (χ3v) is 4.84. The van der Waals surface area contributed by atoms with Crippen LogP contribution in [-0.4, -0.2) is 19.6 Å². The lowest BCUT2D eigenvalue weighted by Gasteiger charge is -2.06. The van der Waals surface area contributed by atoms with E-state index in [1.54, 1.807) is 18.3 Å². The largest absolute Gasteiger partial charge is 0.339 e. The number of halogens is 1. The van der Waals surface area contributed by atoms with Crippen LogP contribution < -0.4 is 5.56 Å².